The van der Waals surface area contributed by atoms with Gasteiger partial charge in [-0.05, 0) is 12.3 Å². The summed E-state index contributed by atoms with van der Waals surface area (Å²) >= 11 is 0. The maximum atomic E-state index is 11.9. The molecular formula is C12H21N3O. The van der Waals surface area contributed by atoms with Crippen LogP contribution in [0.25, 0.3) is 0 Å². The van der Waals surface area contributed by atoms with Crippen molar-refractivity contribution in [3.63, 3.8) is 0 Å². The Morgan fingerprint density at radius 1 is 1.50 bits per heavy atom. The Kier molecular flexibility index (Phi) is 5.02. The minimum Gasteiger partial charge on any atom is -0.365 e. The van der Waals surface area contributed by atoms with Crippen molar-refractivity contribution >= 4 is 5.82 Å². The topological polar surface area (TPSA) is 46.9 Å². The van der Waals surface area contributed by atoms with Gasteiger partial charge in [0.15, 0.2) is 5.82 Å². The fourth-order valence-electron chi connectivity index (χ4n) is 1.49. The van der Waals surface area contributed by atoms with Gasteiger partial charge in [0.2, 0.25) is 0 Å². The molecule has 4 heteroatoms. The third-order valence-electron chi connectivity index (χ3n) is 2.30. The van der Waals surface area contributed by atoms with Gasteiger partial charge in [0.1, 0.15) is 0 Å². The molecule has 90 valence electrons. The molecule has 1 aromatic rings. The first kappa shape index (κ1) is 12.7. The summed E-state index contributed by atoms with van der Waals surface area (Å²) in [5, 5.41) is 3.08. The molecule has 1 rings (SSSR count). The Balaban J connectivity index is 2.74. The van der Waals surface area contributed by atoms with E-state index in [9.17, 15) is 4.79 Å². The highest BCUT2D eigenvalue weighted by molar-refractivity contribution is 5.30. The minimum absolute atomic E-state index is 0.0210. The van der Waals surface area contributed by atoms with Crippen molar-refractivity contribution in [1.82, 2.24) is 9.55 Å². The Hall–Kier alpha value is -1.32. The van der Waals surface area contributed by atoms with Crippen LogP contribution in [-0.2, 0) is 6.54 Å². The molecule has 0 bridgehead atoms. The highest BCUT2D eigenvalue weighted by Gasteiger charge is 2.04. The zero-order valence-corrected chi connectivity index (χ0v) is 10.4. The van der Waals surface area contributed by atoms with E-state index in [0.29, 0.717) is 11.7 Å². The Labute approximate surface area is 96.7 Å². The number of aromatic nitrogens is 2. The second-order valence-electron chi connectivity index (χ2n) is 4.41. The number of nitrogens with one attached hydrogen (secondary N) is 1. The number of unbranched alkanes of at least 4 members (excludes halogenated alkanes) is 1. The molecule has 0 aliphatic carbocycles. The average molecular weight is 223 g/mol. The molecule has 0 radical (unpaired) electrons. The van der Waals surface area contributed by atoms with Gasteiger partial charge in [0.25, 0.3) is 5.56 Å². The van der Waals surface area contributed by atoms with E-state index >= 15 is 0 Å². The molecule has 0 atom stereocenters. The van der Waals surface area contributed by atoms with Crippen LogP contribution >= 0.6 is 0 Å². The SMILES string of the molecule is CCCCNc1nccn(CC(C)C)c1=O. The highest BCUT2D eigenvalue weighted by Crippen LogP contribution is 1.99. The summed E-state index contributed by atoms with van der Waals surface area (Å²) in [5.74, 6) is 0.931. The third kappa shape index (κ3) is 3.68. The van der Waals surface area contributed by atoms with Crippen molar-refractivity contribution in [2.75, 3.05) is 11.9 Å². The lowest BCUT2D eigenvalue weighted by molar-refractivity contribution is 0.509. The van der Waals surface area contributed by atoms with Crippen LogP contribution in [-0.4, -0.2) is 16.1 Å². The average Bonchev–Trinajstić information content (AvgIpc) is 2.23. The molecule has 16 heavy (non-hydrogen) atoms. The lowest BCUT2D eigenvalue weighted by atomic mass is 10.2. The molecule has 0 aliphatic rings. The fraction of sp³-hybridized carbons (Fsp3) is 0.667. The molecule has 0 unspecified atom stereocenters. The molecule has 0 saturated heterocycles. The fourth-order valence-corrected chi connectivity index (χ4v) is 1.49. The lowest BCUT2D eigenvalue weighted by Gasteiger charge is -2.10. The predicted molar refractivity (Wildman–Crippen MR) is 66.7 cm³/mol. The zero-order valence-electron chi connectivity index (χ0n) is 10.4. The molecule has 1 heterocycles. The van der Waals surface area contributed by atoms with Crippen LogP contribution in [0.15, 0.2) is 17.2 Å². The second kappa shape index (κ2) is 6.30. The van der Waals surface area contributed by atoms with Gasteiger partial charge < -0.3 is 9.88 Å². The van der Waals surface area contributed by atoms with Crippen molar-refractivity contribution in [2.45, 2.75) is 40.2 Å². The van der Waals surface area contributed by atoms with Gasteiger partial charge in [0, 0.05) is 25.5 Å². The quantitative estimate of drug-likeness (QED) is 0.751. The number of rotatable bonds is 6. The van der Waals surface area contributed by atoms with Gasteiger partial charge in [-0.3, -0.25) is 4.79 Å². The van der Waals surface area contributed by atoms with Gasteiger partial charge in [-0.1, -0.05) is 27.2 Å². The molecular weight excluding hydrogens is 202 g/mol. The molecule has 1 N–H and O–H groups in total. The van der Waals surface area contributed by atoms with E-state index in [1.807, 2.05) is 0 Å². The van der Waals surface area contributed by atoms with Crippen molar-refractivity contribution in [3.8, 4) is 0 Å². The number of hydrogen-bond acceptors (Lipinski definition) is 3. The molecule has 0 aliphatic heterocycles. The van der Waals surface area contributed by atoms with E-state index in [1.165, 1.54) is 0 Å². The number of hydrogen-bond donors (Lipinski definition) is 1. The Morgan fingerprint density at radius 2 is 2.25 bits per heavy atom. The summed E-state index contributed by atoms with van der Waals surface area (Å²) in [7, 11) is 0. The van der Waals surface area contributed by atoms with Gasteiger partial charge in [0.05, 0.1) is 0 Å². The summed E-state index contributed by atoms with van der Waals surface area (Å²) in [6.45, 7) is 7.86. The molecule has 4 nitrogen and oxygen atoms in total. The van der Waals surface area contributed by atoms with Crippen LogP contribution in [0.1, 0.15) is 33.6 Å². The van der Waals surface area contributed by atoms with Gasteiger partial charge >= 0.3 is 0 Å². The first-order valence-corrected chi connectivity index (χ1v) is 5.94. The standard InChI is InChI=1S/C12H21N3O/c1-4-5-6-13-11-12(16)15(8-7-14-11)9-10(2)3/h7-8,10H,4-6,9H2,1-3H3,(H,13,14). The maximum Gasteiger partial charge on any atom is 0.293 e. The van der Waals surface area contributed by atoms with Crippen LogP contribution in [0.2, 0.25) is 0 Å². The molecule has 0 saturated carbocycles. The van der Waals surface area contributed by atoms with Crippen molar-refractivity contribution < 1.29 is 0 Å². The largest absolute Gasteiger partial charge is 0.365 e. The molecule has 1 aromatic heterocycles. The first-order valence-electron chi connectivity index (χ1n) is 5.94. The Bertz CT molecular complexity index is 371. The number of nitrogens with zero attached hydrogens (tertiary/aromatic N) is 2. The van der Waals surface area contributed by atoms with Crippen LogP contribution in [0.3, 0.4) is 0 Å². The lowest BCUT2D eigenvalue weighted by Crippen LogP contribution is -2.26. The summed E-state index contributed by atoms with van der Waals surface area (Å²) in [6.07, 6.45) is 5.59. The van der Waals surface area contributed by atoms with Crippen LogP contribution in [0.5, 0.6) is 0 Å². The van der Waals surface area contributed by atoms with E-state index in [1.54, 1.807) is 17.0 Å². The summed E-state index contributed by atoms with van der Waals surface area (Å²) in [6, 6.07) is 0. The number of anilines is 1. The molecule has 0 amide bonds. The van der Waals surface area contributed by atoms with Gasteiger partial charge in [-0.2, -0.15) is 0 Å². The third-order valence-corrected chi connectivity index (χ3v) is 2.30. The zero-order chi connectivity index (χ0) is 12.0. The van der Waals surface area contributed by atoms with Gasteiger partial charge in [-0.15, -0.1) is 0 Å². The normalized spacial score (nSPS) is 10.8. The van der Waals surface area contributed by atoms with E-state index in [-0.39, 0.29) is 5.56 Å². The smallest absolute Gasteiger partial charge is 0.293 e. The Morgan fingerprint density at radius 3 is 2.88 bits per heavy atom. The second-order valence-corrected chi connectivity index (χ2v) is 4.41. The van der Waals surface area contributed by atoms with Crippen molar-refractivity contribution in [1.29, 1.82) is 0 Å². The van der Waals surface area contributed by atoms with Crippen molar-refractivity contribution in [2.24, 2.45) is 5.92 Å². The van der Waals surface area contributed by atoms with Gasteiger partial charge in [-0.25, -0.2) is 4.98 Å². The monoisotopic (exact) mass is 223 g/mol. The van der Waals surface area contributed by atoms with E-state index in [0.717, 1.165) is 25.9 Å². The molecule has 0 spiro atoms. The van der Waals surface area contributed by atoms with Crippen LogP contribution in [0, 0.1) is 5.92 Å². The minimum atomic E-state index is -0.0210. The van der Waals surface area contributed by atoms with Crippen LogP contribution < -0.4 is 10.9 Å². The first-order chi connectivity index (χ1) is 7.65. The molecule has 0 aromatic carbocycles. The summed E-state index contributed by atoms with van der Waals surface area (Å²) in [4.78, 5) is 16.0. The predicted octanol–water partition coefficient (Wildman–Crippen LogP) is 2.11. The van der Waals surface area contributed by atoms with Crippen LogP contribution in [0.4, 0.5) is 5.82 Å². The highest BCUT2D eigenvalue weighted by atomic mass is 16.1. The maximum absolute atomic E-state index is 11.9. The van der Waals surface area contributed by atoms with E-state index < -0.39 is 0 Å². The summed E-state index contributed by atoms with van der Waals surface area (Å²) < 4.78 is 1.71. The van der Waals surface area contributed by atoms with Crippen molar-refractivity contribution in [3.05, 3.63) is 22.7 Å². The van der Waals surface area contributed by atoms with E-state index in [4.69, 9.17) is 0 Å². The van der Waals surface area contributed by atoms with E-state index in [2.05, 4.69) is 31.1 Å². The molecule has 0 fully saturated rings. The summed E-state index contributed by atoms with van der Waals surface area (Å²) in [5.41, 5.74) is -0.0210.